The van der Waals surface area contributed by atoms with Crippen molar-refractivity contribution in [2.24, 2.45) is 0 Å². The molecule has 0 heterocycles. The molecule has 0 atom stereocenters. The zero-order valence-corrected chi connectivity index (χ0v) is 9.91. The van der Waals surface area contributed by atoms with Crippen molar-refractivity contribution in [3.05, 3.63) is 59.9 Å². The van der Waals surface area contributed by atoms with Gasteiger partial charge in [0.25, 0.3) is 0 Å². The van der Waals surface area contributed by atoms with E-state index < -0.39 is 0 Å². The normalized spacial score (nSPS) is 9.89. The second-order valence-electron chi connectivity index (χ2n) is 3.90. The molecule has 0 aliphatic rings. The molecule has 18 heavy (non-hydrogen) atoms. The molecule has 3 nitrogen and oxygen atoms in total. The van der Waals surface area contributed by atoms with Gasteiger partial charge in [0.05, 0.1) is 0 Å². The molecule has 2 aromatic rings. The number of carbonyl (C=O) groups excluding carboxylic acids is 1. The third kappa shape index (κ3) is 3.07. The van der Waals surface area contributed by atoms with Crippen LogP contribution in [-0.4, -0.2) is 6.03 Å². The zero-order chi connectivity index (χ0) is 13.0. The topological polar surface area (TPSA) is 41.1 Å². The lowest BCUT2D eigenvalue weighted by Crippen LogP contribution is -2.19. The largest absolute Gasteiger partial charge is 0.323 e. The predicted octanol–water partition coefficient (Wildman–Crippen LogP) is 3.78. The Labute approximate surface area is 105 Å². The highest BCUT2D eigenvalue weighted by Gasteiger charge is 2.05. The standard InChI is InChI=1S/C14H13FN2O/c1-10-9-11(15)7-8-13(10)17-14(18)16-12-5-3-2-4-6-12/h2-9H,1H3,(H2,16,17,18). The van der Waals surface area contributed by atoms with E-state index in [1.54, 1.807) is 19.1 Å². The quantitative estimate of drug-likeness (QED) is 0.829. The van der Waals surface area contributed by atoms with Crippen LogP contribution in [0.4, 0.5) is 20.6 Å². The minimum Gasteiger partial charge on any atom is -0.308 e. The molecule has 0 saturated heterocycles. The molecule has 2 N–H and O–H groups in total. The third-order valence-corrected chi connectivity index (χ3v) is 2.47. The second kappa shape index (κ2) is 5.31. The summed E-state index contributed by atoms with van der Waals surface area (Å²) in [5, 5.41) is 5.36. The van der Waals surface area contributed by atoms with Gasteiger partial charge in [-0.25, -0.2) is 9.18 Å². The van der Waals surface area contributed by atoms with Crippen molar-refractivity contribution in [2.45, 2.75) is 6.92 Å². The molecule has 2 amide bonds. The highest BCUT2D eigenvalue weighted by Crippen LogP contribution is 2.16. The van der Waals surface area contributed by atoms with Gasteiger partial charge < -0.3 is 10.6 Å². The minimum atomic E-state index is -0.351. The Morgan fingerprint density at radius 1 is 1.06 bits per heavy atom. The van der Waals surface area contributed by atoms with Crippen molar-refractivity contribution < 1.29 is 9.18 Å². The Kier molecular flexibility index (Phi) is 3.57. The van der Waals surface area contributed by atoms with Crippen LogP contribution in [0, 0.1) is 12.7 Å². The number of para-hydroxylation sites is 1. The van der Waals surface area contributed by atoms with Crippen molar-refractivity contribution in [3.63, 3.8) is 0 Å². The first-order valence-corrected chi connectivity index (χ1v) is 5.54. The summed E-state index contributed by atoms with van der Waals surface area (Å²) in [7, 11) is 0. The fraction of sp³-hybridized carbons (Fsp3) is 0.0714. The maximum Gasteiger partial charge on any atom is 0.323 e. The number of hydrogen-bond donors (Lipinski definition) is 2. The van der Waals surface area contributed by atoms with E-state index in [1.807, 2.05) is 18.2 Å². The molecule has 0 fully saturated rings. The van der Waals surface area contributed by atoms with Crippen LogP contribution in [0.25, 0.3) is 0 Å². The van der Waals surface area contributed by atoms with Gasteiger partial charge in [-0.1, -0.05) is 18.2 Å². The lowest BCUT2D eigenvalue weighted by molar-refractivity contribution is 0.262. The lowest BCUT2D eigenvalue weighted by Gasteiger charge is -2.09. The Hall–Kier alpha value is -2.36. The van der Waals surface area contributed by atoms with Crippen molar-refractivity contribution in [3.8, 4) is 0 Å². The SMILES string of the molecule is Cc1cc(F)ccc1NC(=O)Nc1ccccc1. The lowest BCUT2D eigenvalue weighted by atomic mass is 10.2. The average molecular weight is 244 g/mol. The van der Waals surface area contributed by atoms with Crippen LogP contribution < -0.4 is 10.6 Å². The van der Waals surface area contributed by atoms with Gasteiger partial charge in [-0.15, -0.1) is 0 Å². The number of aryl methyl sites for hydroxylation is 1. The molecule has 4 heteroatoms. The molecule has 2 aromatic carbocycles. The molecule has 2 rings (SSSR count). The molecular formula is C14H13FN2O. The maximum absolute atomic E-state index is 12.9. The first kappa shape index (κ1) is 12.1. The van der Waals surface area contributed by atoms with Crippen LogP contribution in [0.2, 0.25) is 0 Å². The molecule has 0 unspecified atom stereocenters. The van der Waals surface area contributed by atoms with Crippen LogP contribution in [0.5, 0.6) is 0 Å². The van der Waals surface area contributed by atoms with Gasteiger partial charge >= 0.3 is 6.03 Å². The number of benzene rings is 2. The first-order chi connectivity index (χ1) is 8.65. The monoisotopic (exact) mass is 244 g/mol. The Morgan fingerprint density at radius 3 is 2.44 bits per heavy atom. The molecule has 0 spiro atoms. The van der Waals surface area contributed by atoms with Crippen LogP contribution in [0.3, 0.4) is 0 Å². The van der Waals surface area contributed by atoms with Crippen molar-refractivity contribution in [1.82, 2.24) is 0 Å². The van der Waals surface area contributed by atoms with E-state index in [0.717, 1.165) is 0 Å². The summed E-state index contributed by atoms with van der Waals surface area (Å²) in [4.78, 5) is 11.7. The molecule has 0 aliphatic carbocycles. The van der Waals surface area contributed by atoms with Gasteiger partial charge in [0.15, 0.2) is 0 Å². The van der Waals surface area contributed by atoms with E-state index >= 15 is 0 Å². The molecule has 0 aliphatic heterocycles. The number of halogens is 1. The zero-order valence-electron chi connectivity index (χ0n) is 9.91. The summed E-state index contributed by atoms with van der Waals surface area (Å²) >= 11 is 0. The highest BCUT2D eigenvalue weighted by molar-refractivity contribution is 6.00. The minimum absolute atomic E-state index is 0.318. The smallest absolute Gasteiger partial charge is 0.308 e. The van der Waals surface area contributed by atoms with Crippen LogP contribution in [0.1, 0.15) is 5.56 Å². The molecule has 0 saturated carbocycles. The summed E-state index contributed by atoms with van der Waals surface area (Å²) < 4.78 is 12.9. The predicted molar refractivity (Wildman–Crippen MR) is 70.2 cm³/mol. The van der Waals surface area contributed by atoms with E-state index in [4.69, 9.17) is 0 Å². The summed E-state index contributed by atoms with van der Waals surface area (Å²) in [6, 6.07) is 13.0. The van der Waals surface area contributed by atoms with E-state index in [1.165, 1.54) is 18.2 Å². The number of hydrogen-bond acceptors (Lipinski definition) is 1. The van der Waals surface area contributed by atoms with Gasteiger partial charge in [-0.3, -0.25) is 0 Å². The molecule has 0 radical (unpaired) electrons. The summed E-state index contributed by atoms with van der Waals surface area (Å²) in [6.45, 7) is 1.74. The Morgan fingerprint density at radius 2 is 1.78 bits per heavy atom. The van der Waals surface area contributed by atoms with Crippen LogP contribution in [-0.2, 0) is 0 Å². The van der Waals surface area contributed by atoms with Gasteiger partial charge in [-0.05, 0) is 42.8 Å². The maximum atomic E-state index is 12.9. The average Bonchev–Trinajstić information content (AvgIpc) is 2.34. The number of anilines is 2. The van der Waals surface area contributed by atoms with Crippen molar-refractivity contribution >= 4 is 17.4 Å². The number of amides is 2. The number of urea groups is 1. The van der Waals surface area contributed by atoms with Crippen molar-refractivity contribution in [2.75, 3.05) is 10.6 Å². The summed E-state index contributed by atoms with van der Waals surface area (Å²) in [6.07, 6.45) is 0. The van der Waals surface area contributed by atoms with Gasteiger partial charge in [0.1, 0.15) is 5.82 Å². The van der Waals surface area contributed by atoms with Crippen LogP contribution >= 0.6 is 0 Å². The Balaban J connectivity index is 2.03. The highest BCUT2D eigenvalue weighted by atomic mass is 19.1. The molecule has 0 aromatic heterocycles. The fourth-order valence-electron chi connectivity index (χ4n) is 1.57. The van der Waals surface area contributed by atoms with E-state index in [0.29, 0.717) is 16.9 Å². The van der Waals surface area contributed by atoms with Crippen molar-refractivity contribution in [1.29, 1.82) is 0 Å². The number of carbonyl (C=O) groups is 1. The summed E-state index contributed by atoms with van der Waals surface area (Å²) in [5.41, 5.74) is 1.97. The van der Waals surface area contributed by atoms with Gasteiger partial charge in [-0.2, -0.15) is 0 Å². The Bertz CT molecular complexity index is 555. The summed E-state index contributed by atoms with van der Waals surface area (Å²) in [5.74, 6) is -0.318. The fourth-order valence-corrected chi connectivity index (χ4v) is 1.57. The molecular weight excluding hydrogens is 231 g/mol. The number of nitrogens with one attached hydrogen (secondary N) is 2. The number of rotatable bonds is 2. The molecule has 92 valence electrons. The third-order valence-electron chi connectivity index (χ3n) is 2.47. The van der Waals surface area contributed by atoms with E-state index in [-0.39, 0.29) is 11.8 Å². The van der Waals surface area contributed by atoms with Gasteiger partial charge in [0, 0.05) is 11.4 Å². The van der Waals surface area contributed by atoms with E-state index in [2.05, 4.69) is 10.6 Å². The van der Waals surface area contributed by atoms with Gasteiger partial charge in [0.2, 0.25) is 0 Å². The van der Waals surface area contributed by atoms with E-state index in [9.17, 15) is 9.18 Å². The first-order valence-electron chi connectivity index (χ1n) is 5.54. The van der Waals surface area contributed by atoms with Crippen LogP contribution in [0.15, 0.2) is 48.5 Å². The molecule has 0 bridgehead atoms. The second-order valence-corrected chi connectivity index (χ2v) is 3.90.